The first-order valence-corrected chi connectivity index (χ1v) is 13.9. The number of ether oxygens (including phenoxy) is 3. The van der Waals surface area contributed by atoms with Gasteiger partial charge >= 0.3 is 18.2 Å². The van der Waals surface area contributed by atoms with Gasteiger partial charge in [0.1, 0.15) is 0 Å². The number of nitrogens with zero attached hydrogens (tertiary/aromatic N) is 2. The normalized spacial score (nSPS) is 16.6. The molecule has 220 valence electrons. The highest BCUT2D eigenvalue weighted by Crippen LogP contribution is 2.25. The van der Waals surface area contributed by atoms with Crippen molar-refractivity contribution in [2.24, 2.45) is 5.92 Å². The first kappa shape index (κ1) is 32.5. The van der Waals surface area contributed by atoms with Crippen LogP contribution in [0.25, 0.3) is 0 Å². The molecule has 2 rings (SSSR count). The number of amides is 4. The second-order valence-electron chi connectivity index (χ2n) is 9.74. The summed E-state index contributed by atoms with van der Waals surface area (Å²) < 4.78 is 16.3. The van der Waals surface area contributed by atoms with Crippen molar-refractivity contribution in [3.63, 3.8) is 0 Å². The van der Waals surface area contributed by atoms with Crippen LogP contribution < -0.4 is 10.6 Å². The summed E-state index contributed by atoms with van der Waals surface area (Å²) in [5, 5.41) is 15.6. The maximum atomic E-state index is 13.4. The Morgan fingerprint density at radius 1 is 1.28 bits per heavy atom. The van der Waals surface area contributed by atoms with E-state index in [4.69, 9.17) is 21.1 Å². The van der Waals surface area contributed by atoms with Gasteiger partial charge in [-0.2, -0.15) is 0 Å². The number of urea groups is 1. The number of alkyl carbamates (subject to hydrolysis) is 1. The van der Waals surface area contributed by atoms with Crippen molar-refractivity contribution in [2.75, 3.05) is 60.2 Å². The van der Waals surface area contributed by atoms with E-state index >= 15 is 0 Å². The Bertz CT molecular complexity index is 901. The predicted octanol–water partition coefficient (Wildman–Crippen LogP) is 4.36. The van der Waals surface area contributed by atoms with Crippen molar-refractivity contribution in [2.45, 2.75) is 51.2 Å². The minimum absolute atomic E-state index is 0.193. The van der Waals surface area contributed by atoms with Crippen molar-refractivity contribution in [3.05, 3.63) is 34.9 Å². The van der Waals surface area contributed by atoms with Crippen LogP contribution in [0.3, 0.4) is 0 Å². The Kier molecular flexibility index (Phi) is 14.8. The van der Waals surface area contributed by atoms with E-state index in [0.717, 1.165) is 31.4 Å². The maximum absolute atomic E-state index is 13.4. The molecule has 4 amide bonds. The number of carboxylic acid groups (broad SMARTS) is 1. The molecule has 39 heavy (non-hydrogen) atoms. The smallest absolute Gasteiger partial charge is 0.407 e. The molecule has 0 bridgehead atoms. The molecule has 0 aliphatic carbocycles. The monoisotopic (exact) mass is 570 g/mol. The van der Waals surface area contributed by atoms with Crippen LogP contribution >= 0.6 is 11.6 Å². The summed E-state index contributed by atoms with van der Waals surface area (Å²) in [6.45, 7) is 5.01. The van der Waals surface area contributed by atoms with Gasteiger partial charge < -0.3 is 39.8 Å². The molecule has 1 saturated heterocycles. The van der Waals surface area contributed by atoms with E-state index in [1.54, 1.807) is 11.0 Å². The van der Waals surface area contributed by atoms with Crippen LogP contribution in [0, 0.1) is 5.92 Å². The summed E-state index contributed by atoms with van der Waals surface area (Å²) in [7, 11) is 2.80. The number of nitrogens with one attached hydrogen (secondary N) is 2. The zero-order valence-electron chi connectivity index (χ0n) is 23.2. The van der Waals surface area contributed by atoms with E-state index < -0.39 is 12.2 Å². The lowest BCUT2D eigenvalue weighted by Gasteiger charge is -2.32. The van der Waals surface area contributed by atoms with Gasteiger partial charge in [0.15, 0.2) is 0 Å². The second kappa shape index (κ2) is 17.8. The highest BCUT2D eigenvalue weighted by Gasteiger charge is 2.26. The summed E-state index contributed by atoms with van der Waals surface area (Å²) in [5.74, 6) is 0.269. The molecule has 0 spiro atoms. The van der Waals surface area contributed by atoms with Gasteiger partial charge in [-0.3, -0.25) is 0 Å². The van der Waals surface area contributed by atoms with Gasteiger partial charge in [-0.05, 0) is 55.7 Å². The number of methoxy groups -OCH3 is 1. The lowest BCUT2D eigenvalue weighted by molar-refractivity contribution is 0.0413. The van der Waals surface area contributed by atoms with Crippen LogP contribution in [-0.4, -0.2) is 99.3 Å². The van der Waals surface area contributed by atoms with E-state index in [1.807, 2.05) is 25.1 Å². The van der Waals surface area contributed by atoms with E-state index in [1.165, 1.54) is 19.1 Å². The SMILES string of the molecule is CCCN(CC[C@H](OCCNC(=O)OC)c1cccc(Cl)c1)C(=O)N[C@@H](C[C@H]1CCCOC1)CN(C)C(=O)O. The molecule has 1 fully saturated rings. The minimum atomic E-state index is -1.04. The quantitative estimate of drug-likeness (QED) is 0.267. The fraction of sp³-hybridized carbons (Fsp3) is 0.667. The van der Waals surface area contributed by atoms with Crippen molar-refractivity contribution in [3.8, 4) is 0 Å². The van der Waals surface area contributed by atoms with Crippen LogP contribution in [0.5, 0.6) is 0 Å². The van der Waals surface area contributed by atoms with Crippen molar-refractivity contribution in [1.29, 1.82) is 0 Å². The van der Waals surface area contributed by atoms with Gasteiger partial charge in [0.25, 0.3) is 0 Å². The highest BCUT2D eigenvalue weighted by atomic mass is 35.5. The number of carbonyl (C=O) groups excluding carboxylic acids is 2. The molecule has 11 nitrogen and oxygen atoms in total. The number of halogens is 1. The Morgan fingerprint density at radius 2 is 2.08 bits per heavy atom. The Labute approximate surface area is 236 Å². The zero-order valence-corrected chi connectivity index (χ0v) is 24.0. The Morgan fingerprint density at radius 3 is 2.72 bits per heavy atom. The molecular formula is C27H43ClN4O7. The van der Waals surface area contributed by atoms with Crippen molar-refractivity contribution >= 4 is 29.8 Å². The second-order valence-corrected chi connectivity index (χ2v) is 10.2. The number of hydrogen-bond donors (Lipinski definition) is 3. The van der Waals surface area contributed by atoms with Crippen molar-refractivity contribution in [1.82, 2.24) is 20.4 Å². The number of carbonyl (C=O) groups is 3. The van der Waals surface area contributed by atoms with E-state index in [-0.39, 0.29) is 43.8 Å². The van der Waals surface area contributed by atoms with Gasteiger partial charge in [0.2, 0.25) is 0 Å². The third-order valence-corrected chi connectivity index (χ3v) is 6.79. The molecule has 0 saturated carbocycles. The molecule has 1 aliphatic rings. The van der Waals surface area contributed by atoms with Gasteiger partial charge in [-0.1, -0.05) is 30.7 Å². The predicted molar refractivity (Wildman–Crippen MR) is 148 cm³/mol. The molecule has 0 radical (unpaired) electrons. The number of likely N-dealkylation sites (N-methyl/N-ethyl adjacent to an activating group) is 1. The molecule has 0 unspecified atom stereocenters. The Hall–Kier alpha value is -2.76. The van der Waals surface area contributed by atoms with Gasteiger partial charge in [-0.25, -0.2) is 14.4 Å². The van der Waals surface area contributed by atoms with E-state index in [0.29, 0.717) is 37.6 Å². The largest absolute Gasteiger partial charge is 0.465 e. The zero-order chi connectivity index (χ0) is 28.6. The topological polar surface area (TPSA) is 130 Å². The third-order valence-electron chi connectivity index (χ3n) is 6.56. The maximum Gasteiger partial charge on any atom is 0.407 e. The van der Waals surface area contributed by atoms with Crippen LogP contribution in [0.15, 0.2) is 24.3 Å². The highest BCUT2D eigenvalue weighted by molar-refractivity contribution is 6.30. The van der Waals surface area contributed by atoms with Crippen molar-refractivity contribution < 1.29 is 33.7 Å². The summed E-state index contributed by atoms with van der Waals surface area (Å²) >= 11 is 6.22. The van der Waals surface area contributed by atoms with E-state index in [2.05, 4.69) is 15.4 Å². The van der Waals surface area contributed by atoms with E-state index in [9.17, 15) is 19.5 Å². The molecule has 0 aromatic heterocycles. The average Bonchev–Trinajstić information content (AvgIpc) is 2.92. The molecule has 1 aromatic carbocycles. The molecule has 1 heterocycles. The fourth-order valence-corrected chi connectivity index (χ4v) is 4.79. The first-order valence-electron chi connectivity index (χ1n) is 13.5. The molecule has 3 atom stereocenters. The fourth-order valence-electron chi connectivity index (χ4n) is 4.59. The van der Waals surface area contributed by atoms with Crippen LogP contribution in [0.4, 0.5) is 14.4 Å². The van der Waals surface area contributed by atoms with Crippen LogP contribution in [-0.2, 0) is 14.2 Å². The number of rotatable bonds is 15. The summed E-state index contributed by atoms with van der Waals surface area (Å²) in [4.78, 5) is 39.2. The lowest BCUT2D eigenvalue weighted by Crippen LogP contribution is -2.50. The summed E-state index contributed by atoms with van der Waals surface area (Å²) in [5.41, 5.74) is 0.871. The summed E-state index contributed by atoms with van der Waals surface area (Å²) in [6.07, 6.45) is 1.92. The molecule has 12 heteroatoms. The molecule has 1 aliphatic heterocycles. The molecular weight excluding hydrogens is 528 g/mol. The first-order chi connectivity index (χ1) is 18.7. The number of benzene rings is 1. The number of hydrogen-bond acceptors (Lipinski definition) is 6. The molecule has 1 aromatic rings. The van der Waals surface area contributed by atoms with Gasteiger partial charge in [0, 0.05) is 57.5 Å². The molecule has 3 N–H and O–H groups in total. The Balaban J connectivity index is 2.06. The minimum Gasteiger partial charge on any atom is -0.465 e. The average molecular weight is 571 g/mol. The van der Waals surface area contributed by atoms with Gasteiger partial charge in [-0.15, -0.1) is 0 Å². The van der Waals surface area contributed by atoms with Crippen LogP contribution in [0.2, 0.25) is 5.02 Å². The van der Waals surface area contributed by atoms with Gasteiger partial charge in [0.05, 0.1) is 19.8 Å². The van der Waals surface area contributed by atoms with Crippen LogP contribution in [0.1, 0.15) is 50.7 Å². The standard InChI is InChI=1S/C27H43ClN4O7/c1-4-12-32(25(33)30-23(18-31(2)27(35)36)16-20-7-6-14-38-19-20)13-10-24(21-8-5-9-22(28)17-21)39-15-11-29-26(34)37-3/h5,8-9,17,20,23-24H,4,6-7,10-16,18-19H2,1-3H3,(H,29,34)(H,30,33)(H,35,36)/t20-,23+,24+/m1/s1. The third kappa shape index (κ3) is 12.3. The lowest BCUT2D eigenvalue weighted by atomic mass is 9.94. The summed E-state index contributed by atoms with van der Waals surface area (Å²) in [6, 6.07) is 6.79.